The quantitative estimate of drug-likeness (QED) is 0.578. The summed E-state index contributed by atoms with van der Waals surface area (Å²) in [5, 5.41) is 26.5. The van der Waals surface area contributed by atoms with Crippen molar-refractivity contribution in [3.8, 4) is 0 Å². The number of aliphatic hydroxyl groups excluding tert-OH is 2. The van der Waals surface area contributed by atoms with Crippen molar-refractivity contribution < 1.29 is 33.5 Å². The number of aliphatic hydroxyl groups is 2. The van der Waals surface area contributed by atoms with Crippen LogP contribution in [0.3, 0.4) is 0 Å². The first-order chi connectivity index (χ1) is 10.6. The Balaban J connectivity index is 0.00000144. The van der Waals surface area contributed by atoms with Gasteiger partial charge in [-0.15, -0.1) is 11.3 Å². The molecule has 0 bridgehead atoms. The number of thiazole rings is 1. The van der Waals surface area contributed by atoms with Crippen LogP contribution in [0.5, 0.6) is 0 Å². The zero-order valence-corrected chi connectivity index (χ0v) is 18.1. The molecule has 6 nitrogen and oxygen atoms in total. The van der Waals surface area contributed by atoms with Gasteiger partial charge in [0, 0.05) is 42.7 Å². The molecule has 2 atom stereocenters. The van der Waals surface area contributed by atoms with Gasteiger partial charge in [0.25, 0.3) is 0 Å². The van der Waals surface area contributed by atoms with E-state index in [0.717, 1.165) is 20.5 Å². The number of halogens is 1. The molecule has 24 heavy (non-hydrogen) atoms. The zero-order valence-electron chi connectivity index (χ0n) is 13.5. The third-order valence-electron chi connectivity index (χ3n) is 4.31. The molecule has 1 aromatic heterocycles. The maximum atomic E-state index is 9.63. The minimum atomic E-state index is -0.869. The van der Waals surface area contributed by atoms with Crippen molar-refractivity contribution in [2.75, 3.05) is 32.6 Å². The Labute approximate surface area is 170 Å². The van der Waals surface area contributed by atoms with E-state index < -0.39 is 11.1 Å². The van der Waals surface area contributed by atoms with Gasteiger partial charge in [-0.25, -0.2) is 4.98 Å². The Bertz CT molecular complexity index is 585. The second kappa shape index (κ2) is 8.86. The second-order valence-electron chi connectivity index (χ2n) is 5.60. The van der Waals surface area contributed by atoms with Crippen molar-refractivity contribution in [1.29, 1.82) is 0 Å². The molecular formula is C14H21BrN3O3S2V-. The van der Waals surface area contributed by atoms with Crippen molar-refractivity contribution in [2.45, 2.75) is 17.6 Å². The molecule has 3 N–H and O–H groups in total. The van der Waals surface area contributed by atoms with Crippen molar-refractivity contribution in [2.24, 2.45) is 10.9 Å². The number of thioether (sulfide) groups is 1. The summed E-state index contributed by atoms with van der Waals surface area (Å²) in [6, 6.07) is 0. The van der Waals surface area contributed by atoms with Crippen LogP contribution in [0.4, 0.5) is 0 Å². The van der Waals surface area contributed by atoms with E-state index in [9.17, 15) is 10.2 Å². The number of fused-ring (bicyclic) bond motifs is 1. The number of hydrogen-bond acceptors (Lipinski definition) is 7. The maximum Gasteiger partial charge on any atom is 0.157 e. The van der Waals surface area contributed by atoms with E-state index in [2.05, 4.69) is 31.2 Å². The van der Waals surface area contributed by atoms with Gasteiger partial charge >= 0.3 is 0 Å². The molecule has 2 aliphatic rings. The van der Waals surface area contributed by atoms with E-state index in [1.54, 1.807) is 30.1 Å². The third kappa shape index (κ3) is 3.88. The molecule has 3 rings (SSSR count). The van der Waals surface area contributed by atoms with Gasteiger partial charge in [0.1, 0.15) is 20.8 Å². The number of amidine groups is 1. The van der Waals surface area contributed by atoms with E-state index in [-0.39, 0.29) is 45.1 Å². The van der Waals surface area contributed by atoms with Crippen molar-refractivity contribution >= 4 is 44.2 Å². The topological polar surface area (TPSA) is 87.0 Å². The molecule has 0 spiro atoms. The largest absolute Gasteiger partial charge is 0.393 e. The molecule has 0 amide bonds. The molecule has 3 heterocycles. The number of hydrogen-bond donors (Lipinski definition) is 3. The van der Waals surface area contributed by atoms with Gasteiger partial charge in [-0.3, -0.25) is 4.99 Å². The summed E-state index contributed by atoms with van der Waals surface area (Å²) < 4.78 is 6.72. The Kier molecular flexibility index (Phi) is 8.28. The Morgan fingerprint density at radius 3 is 2.75 bits per heavy atom. The molecule has 1 radical (unpaired) electrons. The van der Waals surface area contributed by atoms with Crippen LogP contribution in [-0.4, -0.2) is 58.6 Å². The number of aliphatic imine (C=N–C) groups is 1. The van der Waals surface area contributed by atoms with Crippen LogP contribution in [0.1, 0.15) is 11.4 Å². The van der Waals surface area contributed by atoms with E-state index in [1.807, 2.05) is 5.38 Å². The molecule has 2 aliphatic heterocycles. The van der Waals surface area contributed by atoms with E-state index in [1.165, 1.54) is 0 Å². The van der Waals surface area contributed by atoms with Crippen molar-refractivity contribution in [3.63, 3.8) is 0 Å². The smallest absolute Gasteiger partial charge is 0.157 e. The van der Waals surface area contributed by atoms with Gasteiger partial charge in [0.05, 0.1) is 19.8 Å². The molecule has 0 saturated carbocycles. The first kappa shape index (κ1) is 22.4. The SMILES string of the molecule is CN=C1N[C@@]2(c3nc(Br)cs3)COC(CO)(CO)C[C@H]2CS1.[CH3-].[V]. The molecule has 0 unspecified atom stereocenters. The van der Waals surface area contributed by atoms with Crippen LogP contribution in [0, 0.1) is 13.3 Å². The third-order valence-corrected chi connectivity index (χ3v) is 7.17. The van der Waals surface area contributed by atoms with Crippen LogP contribution in [0.25, 0.3) is 0 Å². The van der Waals surface area contributed by atoms with Gasteiger partial charge in [0.15, 0.2) is 5.17 Å². The molecule has 2 fully saturated rings. The Hall–Kier alpha value is 0.394. The fraction of sp³-hybridized carbons (Fsp3) is 0.643. The van der Waals surface area contributed by atoms with Gasteiger partial charge in [-0.2, -0.15) is 0 Å². The molecule has 135 valence electrons. The van der Waals surface area contributed by atoms with Crippen molar-refractivity contribution in [3.05, 3.63) is 22.4 Å². The van der Waals surface area contributed by atoms with Gasteiger partial charge in [-0.1, -0.05) is 11.8 Å². The second-order valence-corrected chi connectivity index (χ2v) is 8.28. The van der Waals surface area contributed by atoms with Crippen molar-refractivity contribution in [1.82, 2.24) is 10.3 Å². The number of nitrogens with one attached hydrogen (secondary N) is 1. The van der Waals surface area contributed by atoms with Gasteiger partial charge in [-0.05, 0) is 22.4 Å². The fourth-order valence-corrected chi connectivity index (χ4v) is 5.57. The van der Waals surface area contributed by atoms with Crippen LogP contribution < -0.4 is 5.32 Å². The Morgan fingerprint density at radius 2 is 2.21 bits per heavy atom. The summed E-state index contributed by atoms with van der Waals surface area (Å²) in [6.07, 6.45) is 0.578. The standard InChI is InChI=1S/C13H18BrN3O3S2.CH3.V/c1-15-11-17-13(10-16-9(14)4-21-10)7-20-12(5-18,6-19)2-8(13)3-22-11;;/h4,8,18-19H,2-3,5-7H2,1H3,(H,15,17);1H3;/q;-1;/t8-,13-;;/m0../s1. The normalized spacial score (nSPS) is 29.8. The predicted octanol–water partition coefficient (Wildman–Crippen LogP) is 1.63. The van der Waals surface area contributed by atoms with E-state index >= 15 is 0 Å². The summed E-state index contributed by atoms with van der Waals surface area (Å²) in [6.45, 7) is -0.0214. The predicted molar refractivity (Wildman–Crippen MR) is 97.8 cm³/mol. The molecule has 0 aromatic carbocycles. The van der Waals surface area contributed by atoms with Gasteiger partial charge < -0.3 is 27.7 Å². The molecule has 1 aromatic rings. The summed E-state index contributed by atoms with van der Waals surface area (Å²) in [5.74, 6) is 1.04. The number of rotatable bonds is 3. The zero-order chi connectivity index (χ0) is 15.8. The molecule has 2 saturated heterocycles. The summed E-state index contributed by atoms with van der Waals surface area (Å²) in [4.78, 5) is 8.85. The Morgan fingerprint density at radius 1 is 1.50 bits per heavy atom. The molecular weight excluding hydrogens is 453 g/mol. The fourth-order valence-electron chi connectivity index (χ4n) is 2.95. The first-order valence-corrected chi connectivity index (χ1v) is 9.58. The number of aromatic nitrogens is 1. The van der Waals surface area contributed by atoms with E-state index in [0.29, 0.717) is 13.0 Å². The van der Waals surface area contributed by atoms with Crippen LogP contribution in [-0.2, 0) is 28.8 Å². The minimum Gasteiger partial charge on any atom is -0.393 e. The monoisotopic (exact) mass is 473 g/mol. The number of ether oxygens (including phenoxy) is 1. The van der Waals surface area contributed by atoms with Crippen LogP contribution in [0.15, 0.2) is 15.0 Å². The van der Waals surface area contributed by atoms with Crippen LogP contribution in [0.2, 0.25) is 0 Å². The average Bonchev–Trinajstić information content (AvgIpc) is 3.00. The van der Waals surface area contributed by atoms with Crippen LogP contribution >= 0.6 is 39.0 Å². The average molecular weight is 474 g/mol. The van der Waals surface area contributed by atoms with Gasteiger partial charge in [0.2, 0.25) is 0 Å². The number of nitrogens with zero attached hydrogens (tertiary/aromatic N) is 2. The van der Waals surface area contributed by atoms with E-state index in [4.69, 9.17) is 4.74 Å². The summed E-state index contributed by atoms with van der Waals surface area (Å²) in [7, 11) is 1.76. The molecule has 10 heteroatoms. The molecule has 0 aliphatic carbocycles. The summed E-state index contributed by atoms with van der Waals surface area (Å²) in [5.41, 5.74) is -1.32. The minimum absolute atomic E-state index is 0. The summed E-state index contributed by atoms with van der Waals surface area (Å²) >= 11 is 6.64. The first-order valence-electron chi connectivity index (χ1n) is 6.92. The maximum absolute atomic E-state index is 9.63.